The normalized spacial score (nSPS) is 12.5. The van der Waals surface area contributed by atoms with Gasteiger partial charge in [0.05, 0.1) is 17.3 Å². The lowest BCUT2D eigenvalue weighted by Crippen LogP contribution is -2.24. The molecule has 0 bridgehead atoms. The predicted octanol–water partition coefficient (Wildman–Crippen LogP) is 2.37. The smallest absolute Gasteiger partial charge is 0.198 e. The SMILES string of the molecule is O=C1c2ccccc2C(=O)c2c(F)c(F)c(Nc3ccnnn3)c(O)c21. The molecule has 0 aliphatic heterocycles. The molecule has 0 radical (unpaired) electrons. The van der Waals surface area contributed by atoms with E-state index in [9.17, 15) is 23.5 Å². The van der Waals surface area contributed by atoms with Crippen LogP contribution in [0.15, 0.2) is 36.5 Å². The van der Waals surface area contributed by atoms with Gasteiger partial charge in [0.15, 0.2) is 34.8 Å². The van der Waals surface area contributed by atoms with Crippen LogP contribution in [0, 0.1) is 11.6 Å². The number of ketones is 2. The average molecular weight is 354 g/mol. The number of carbonyl (C=O) groups is 2. The minimum absolute atomic E-state index is 0.000890. The highest BCUT2D eigenvalue weighted by molar-refractivity contribution is 6.29. The molecule has 1 aliphatic carbocycles. The molecule has 2 aromatic carbocycles. The fourth-order valence-corrected chi connectivity index (χ4v) is 2.81. The van der Waals surface area contributed by atoms with Crippen molar-refractivity contribution in [2.45, 2.75) is 0 Å². The molecule has 0 atom stereocenters. The zero-order valence-electron chi connectivity index (χ0n) is 12.8. The molecule has 0 spiro atoms. The van der Waals surface area contributed by atoms with Crippen LogP contribution in [0.3, 0.4) is 0 Å². The molecule has 26 heavy (non-hydrogen) atoms. The molecule has 128 valence electrons. The fraction of sp³-hybridized carbons (Fsp3) is 0. The monoisotopic (exact) mass is 354 g/mol. The van der Waals surface area contributed by atoms with Crippen molar-refractivity contribution >= 4 is 23.1 Å². The third-order valence-corrected chi connectivity index (χ3v) is 3.98. The van der Waals surface area contributed by atoms with Gasteiger partial charge in [-0.1, -0.05) is 24.3 Å². The van der Waals surface area contributed by atoms with Crippen molar-refractivity contribution in [3.8, 4) is 5.75 Å². The average Bonchev–Trinajstić information content (AvgIpc) is 2.67. The van der Waals surface area contributed by atoms with Gasteiger partial charge >= 0.3 is 0 Å². The Morgan fingerprint density at radius 3 is 2.19 bits per heavy atom. The number of anilines is 2. The summed E-state index contributed by atoms with van der Waals surface area (Å²) in [5.74, 6) is -5.63. The van der Waals surface area contributed by atoms with E-state index in [1.54, 1.807) is 0 Å². The Morgan fingerprint density at radius 1 is 0.923 bits per heavy atom. The van der Waals surface area contributed by atoms with Crippen LogP contribution < -0.4 is 5.32 Å². The number of carbonyl (C=O) groups excluding carboxylic acids is 2. The van der Waals surface area contributed by atoms with Gasteiger partial charge in [-0.05, 0) is 5.21 Å². The summed E-state index contributed by atoms with van der Waals surface area (Å²) in [7, 11) is 0. The number of aromatic nitrogens is 3. The second-order valence-electron chi connectivity index (χ2n) is 5.44. The lowest BCUT2D eigenvalue weighted by atomic mass is 9.82. The van der Waals surface area contributed by atoms with E-state index in [1.807, 2.05) is 0 Å². The van der Waals surface area contributed by atoms with E-state index >= 15 is 0 Å². The number of hydrogen-bond donors (Lipinski definition) is 2. The first kappa shape index (κ1) is 15.8. The maximum Gasteiger partial charge on any atom is 0.198 e. The molecule has 0 fully saturated rings. The van der Waals surface area contributed by atoms with Crippen LogP contribution in [0.2, 0.25) is 0 Å². The molecule has 7 nitrogen and oxygen atoms in total. The molecule has 4 rings (SSSR count). The number of nitrogens with zero attached hydrogens (tertiary/aromatic N) is 3. The molecule has 0 amide bonds. The van der Waals surface area contributed by atoms with Crippen molar-refractivity contribution in [3.05, 3.63) is 70.4 Å². The van der Waals surface area contributed by atoms with E-state index in [-0.39, 0.29) is 16.9 Å². The van der Waals surface area contributed by atoms with E-state index in [2.05, 4.69) is 20.7 Å². The van der Waals surface area contributed by atoms with Crippen molar-refractivity contribution in [2.24, 2.45) is 0 Å². The lowest BCUT2D eigenvalue weighted by molar-refractivity contribution is 0.0972. The van der Waals surface area contributed by atoms with Crippen LogP contribution in [0.1, 0.15) is 31.8 Å². The van der Waals surface area contributed by atoms with Gasteiger partial charge in [-0.2, -0.15) is 0 Å². The molecule has 1 aliphatic rings. The number of fused-ring (bicyclic) bond motifs is 2. The Balaban J connectivity index is 1.96. The number of nitrogens with one attached hydrogen (secondary N) is 1. The van der Waals surface area contributed by atoms with Crippen molar-refractivity contribution < 1.29 is 23.5 Å². The van der Waals surface area contributed by atoms with Crippen LogP contribution in [0.5, 0.6) is 5.75 Å². The van der Waals surface area contributed by atoms with Crippen LogP contribution in [-0.4, -0.2) is 32.1 Å². The largest absolute Gasteiger partial charge is 0.505 e. The fourth-order valence-electron chi connectivity index (χ4n) is 2.81. The Labute approximate surface area is 144 Å². The van der Waals surface area contributed by atoms with Gasteiger partial charge in [-0.15, -0.1) is 10.2 Å². The Morgan fingerprint density at radius 2 is 1.58 bits per heavy atom. The second kappa shape index (κ2) is 5.66. The molecular formula is C17H8F2N4O3. The van der Waals surface area contributed by atoms with Crippen LogP contribution in [0.25, 0.3) is 0 Å². The molecule has 3 aromatic rings. The Hall–Kier alpha value is -3.75. The summed E-state index contributed by atoms with van der Waals surface area (Å²) in [4.78, 5) is 25.2. The minimum atomic E-state index is -1.53. The maximum atomic E-state index is 14.6. The quantitative estimate of drug-likeness (QED) is 0.533. The van der Waals surface area contributed by atoms with E-state index in [0.717, 1.165) is 0 Å². The topological polar surface area (TPSA) is 105 Å². The van der Waals surface area contributed by atoms with Gasteiger partial charge < -0.3 is 10.4 Å². The Kier molecular flexibility index (Phi) is 3.43. The summed E-state index contributed by atoms with van der Waals surface area (Å²) < 4.78 is 29.1. The standard InChI is InChI=1S/C17H8F2N4O3/c18-12-10-11(16(25)8-4-2-1-3-7(8)15(10)24)17(26)14(13(12)19)21-9-5-6-20-23-22-9/h1-6,26H,(H,20,21,22). The molecule has 0 saturated heterocycles. The molecule has 0 saturated carbocycles. The minimum Gasteiger partial charge on any atom is -0.505 e. The zero-order valence-corrected chi connectivity index (χ0v) is 12.8. The number of rotatable bonds is 2. The number of aromatic hydroxyl groups is 1. The third-order valence-electron chi connectivity index (χ3n) is 3.98. The van der Waals surface area contributed by atoms with Gasteiger partial charge in [-0.3, -0.25) is 9.59 Å². The zero-order chi connectivity index (χ0) is 18.4. The van der Waals surface area contributed by atoms with Gasteiger partial charge in [-0.25, -0.2) is 8.78 Å². The number of halogens is 2. The van der Waals surface area contributed by atoms with Crippen molar-refractivity contribution in [3.63, 3.8) is 0 Å². The summed E-state index contributed by atoms with van der Waals surface area (Å²) in [6.45, 7) is 0. The highest BCUT2D eigenvalue weighted by Crippen LogP contribution is 2.41. The maximum absolute atomic E-state index is 14.6. The number of benzene rings is 2. The van der Waals surface area contributed by atoms with E-state index < -0.39 is 45.8 Å². The van der Waals surface area contributed by atoms with Crippen molar-refractivity contribution in [1.82, 2.24) is 15.4 Å². The van der Waals surface area contributed by atoms with Crippen molar-refractivity contribution in [1.29, 1.82) is 0 Å². The third kappa shape index (κ3) is 2.14. The van der Waals surface area contributed by atoms with Crippen LogP contribution in [-0.2, 0) is 0 Å². The summed E-state index contributed by atoms with van der Waals surface area (Å²) in [5.41, 5.74) is -2.17. The first-order valence-electron chi connectivity index (χ1n) is 7.34. The van der Waals surface area contributed by atoms with Gasteiger partial charge in [0.1, 0.15) is 5.69 Å². The highest BCUT2D eigenvalue weighted by atomic mass is 19.2. The van der Waals surface area contributed by atoms with Crippen LogP contribution in [0.4, 0.5) is 20.3 Å². The van der Waals surface area contributed by atoms with Gasteiger partial charge in [0.2, 0.25) is 0 Å². The molecule has 2 N–H and O–H groups in total. The number of phenols is 1. The first-order chi connectivity index (χ1) is 12.5. The Bertz CT molecular complexity index is 1090. The first-order valence-corrected chi connectivity index (χ1v) is 7.34. The van der Waals surface area contributed by atoms with E-state index in [1.165, 1.54) is 36.5 Å². The summed E-state index contributed by atoms with van der Waals surface area (Å²) in [6.07, 6.45) is 1.24. The summed E-state index contributed by atoms with van der Waals surface area (Å²) in [6, 6.07) is 7.04. The second-order valence-corrected chi connectivity index (χ2v) is 5.44. The molecule has 1 aromatic heterocycles. The number of hydrogen-bond acceptors (Lipinski definition) is 7. The molecule has 1 heterocycles. The predicted molar refractivity (Wildman–Crippen MR) is 84.4 cm³/mol. The van der Waals surface area contributed by atoms with E-state index in [4.69, 9.17) is 0 Å². The molecule has 9 heteroatoms. The van der Waals surface area contributed by atoms with Crippen molar-refractivity contribution in [2.75, 3.05) is 5.32 Å². The lowest BCUT2D eigenvalue weighted by Gasteiger charge is -2.21. The number of phenolic OH excluding ortho intramolecular Hbond substituents is 1. The van der Waals surface area contributed by atoms with E-state index in [0.29, 0.717) is 0 Å². The van der Waals surface area contributed by atoms with Gasteiger partial charge in [0, 0.05) is 17.2 Å². The highest BCUT2D eigenvalue weighted by Gasteiger charge is 2.38. The summed E-state index contributed by atoms with van der Waals surface area (Å²) in [5, 5.41) is 23.1. The van der Waals surface area contributed by atoms with Crippen LogP contribution >= 0.6 is 0 Å². The van der Waals surface area contributed by atoms with Gasteiger partial charge in [0.25, 0.3) is 0 Å². The molecular weight excluding hydrogens is 346 g/mol. The summed E-state index contributed by atoms with van der Waals surface area (Å²) >= 11 is 0. The molecule has 0 unspecified atom stereocenters.